The molecular weight excluding hydrogens is 237 g/mol. The SMILES string of the molecule is O=C([O-])CCCCC(=O)[O-].[K+].[K+].[NaH]. The molecule has 13 heavy (non-hydrogen) atoms. The molecule has 60 valence electrons. The van der Waals surface area contributed by atoms with Gasteiger partial charge in [0.15, 0.2) is 0 Å². The van der Waals surface area contributed by atoms with Crippen LogP contribution < -0.4 is 113 Å². The van der Waals surface area contributed by atoms with E-state index in [9.17, 15) is 19.8 Å². The molecule has 0 unspecified atom stereocenters. The van der Waals surface area contributed by atoms with E-state index in [1.54, 1.807) is 0 Å². The van der Waals surface area contributed by atoms with Crippen molar-refractivity contribution in [2.75, 3.05) is 0 Å². The van der Waals surface area contributed by atoms with E-state index < -0.39 is 11.9 Å². The van der Waals surface area contributed by atoms with Gasteiger partial charge in [0, 0.05) is 11.9 Å². The number of aliphatic carboxylic acids is 2. The first-order valence-corrected chi connectivity index (χ1v) is 3.02. The van der Waals surface area contributed by atoms with E-state index in [2.05, 4.69) is 0 Å². The molecule has 0 spiro atoms. The molecule has 0 aliphatic rings. The number of carboxylic acids is 2. The fraction of sp³-hybridized carbons (Fsp3) is 0.667. The van der Waals surface area contributed by atoms with Crippen molar-refractivity contribution in [3.8, 4) is 0 Å². The summed E-state index contributed by atoms with van der Waals surface area (Å²) in [6.45, 7) is 0. The first-order valence-electron chi connectivity index (χ1n) is 3.02. The second kappa shape index (κ2) is 17.6. The number of carbonyl (C=O) groups excluding carboxylic acids is 2. The summed E-state index contributed by atoms with van der Waals surface area (Å²) in [5.74, 6) is -2.28. The Hall–Kier alpha value is 3.21. The second-order valence-electron chi connectivity index (χ2n) is 1.95. The van der Waals surface area contributed by atoms with Gasteiger partial charge in [-0.3, -0.25) is 0 Å². The molecule has 0 saturated carbocycles. The Labute approximate surface area is 185 Å². The van der Waals surface area contributed by atoms with Crippen LogP contribution in [0.25, 0.3) is 0 Å². The third-order valence-electron chi connectivity index (χ3n) is 1.01. The van der Waals surface area contributed by atoms with Gasteiger partial charge in [0.2, 0.25) is 0 Å². The minimum atomic E-state index is -1.14. The van der Waals surface area contributed by atoms with Crippen molar-refractivity contribution < 1.29 is 123 Å². The summed E-state index contributed by atoms with van der Waals surface area (Å²) >= 11 is 0. The number of unbranched alkanes of at least 4 members (excludes halogenated alkanes) is 1. The Kier molecular flexibility index (Phi) is 34.1. The fourth-order valence-electron chi connectivity index (χ4n) is 0.539. The molecule has 0 aromatic carbocycles. The van der Waals surface area contributed by atoms with Crippen LogP contribution in [-0.4, -0.2) is 41.5 Å². The predicted octanol–water partition coefficient (Wildman–Crippen LogP) is -8.59. The molecule has 0 radical (unpaired) electrons. The molecule has 0 fully saturated rings. The Bertz CT molecular complexity index is 127. The van der Waals surface area contributed by atoms with Crippen molar-refractivity contribution in [2.45, 2.75) is 25.7 Å². The van der Waals surface area contributed by atoms with E-state index in [0.717, 1.165) is 0 Å². The van der Waals surface area contributed by atoms with Crippen LogP contribution in [0, 0.1) is 0 Å². The Morgan fingerprint density at radius 2 is 1.08 bits per heavy atom. The number of hydrogen-bond donors (Lipinski definition) is 0. The van der Waals surface area contributed by atoms with Crippen molar-refractivity contribution >= 4 is 41.5 Å². The number of rotatable bonds is 5. The van der Waals surface area contributed by atoms with E-state index in [1.807, 2.05) is 0 Å². The molecule has 0 aliphatic heterocycles. The molecule has 0 atom stereocenters. The van der Waals surface area contributed by atoms with Gasteiger partial charge < -0.3 is 19.8 Å². The van der Waals surface area contributed by atoms with Gasteiger partial charge in [-0.1, -0.05) is 0 Å². The quantitative estimate of drug-likeness (QED) is 0.356. The topological polar surface area (TPSA) is 80.3 Å². The zero-order chi connectivity index (χ0) is 7.98. The third-order valence-corrected chi connectivity index (χ3v) is 1.01. The average Bonchev–Trinajstić information content (AvgIpc) is 1.79. The number of hydrogen-bond acceptors (Lipinski definition) is 4. The van der Waals surface area contributed by atoms with Gasteiger partial charge in [-0.05, 0) is 25.7 Å². The average molecular weight is 246 g/mol. The molecule has 0 heterocycles. The maximum atomic E-state index is 9.77. The van der Waals surface area contributed by atoms with Crippen LogP contribution in [0.3, 0.4) is 0 Å². The van der Waals surface area contributed by atoms with Crippen LogP contribution in [0.15, 0.2) is 0 Å². The van der Waals surface area contributed by atoms with Gasteiger partial charge in [0.1, 0.15) is 0 Å². The van der Waals surface area contributed by atoms with Gasteiger partial charge in [-0.15, -0.1) is 0 Å². The standard InChI is InChI=1S/C6H10O4.2K.Na.H/c7-5(8)3-1-2-4-6(9)10;;;;/h1-4H2,(H,7,8)(H,9,10);;;;/q;2*+1;;/p-2. The summed E-state index contributed by atoms with van der Waals surface area (Å²) in [5, 5.41) is 19.5. The molecular formula is C6H9K2NaO4. The van der Waals surface area contributed by atoms with Crippen LogP contribution in [0.5, 0.6) is 0 Å². The van der Waals surface area contributed by atoms with Gasteiger partial charge in [0.05, 0.1) is 0 Å². The van der Waals surface area contributed by atoms with Crippen molar-refractivity contribution in [1.82, 2.24) is 0 Å². The molecule has 4 nitrogen and oxygen atoms in total. The van der Waals surface area contributed by atoms with Crippen LogP contribution in [0.2, 0.25) is 0 Å². The maximum absolute atomic E-state index is 9.77. The summed E-state index contributed by atoms with van der Waals surface area (Å²) in [4.78, 5) is 19.5. The van der Waals surface area contributed by atoms with Crippen molar-refractivity contribution in [3.05, 3.63) is 0 Å². The van der Waals surface area contributed by atoms with Crippen molar-refractivity contribution in [1.29, 1.82) is 0 Å². The fourth-order valence-corrected chi connectivity index (χ4v) is 0.539. The normalized spacial score (nSPS) is 7.08. The second-order valence-corrected chi connectivity index (χ2v) is 1.95. The van der Waals surface area contributed by atoms with E-state index in [4.69, 9.17) is 0 Å². The molecule has 0 bridgehead atoms. The summed E-state index contributed by atoms with van der Waals surface area (Å²) in [6.07, 6.45) is 0.535. The van der Waals surface area contributed by atoms with Gasteiger partial charge >= 0.3 is 132 Å². The molecule has 0 aliphatic carbocycles. The van der Waals surface area contributed by atoms with E-state index in [1.165, 1.54) is 0 Å². The minimum absolute atomic E-state index is 0. The Balaban J connectivity index is -0.000000135. The van der Waals surface area contributed by atoms with E-state index >= 15 is 0 Å². The van der Waals surface area contributed by atoms with Crippen LogP contribution in [-0.2, 0) is 9.59 Å². The van der Waals surface area contributed by atoms with Gasteiger partial charge in [-0.2, -0.15) is 0 Å². The Morgan fingerprint density at radius 3 is 1.23 bits per heavy atom. The molecule has 0 aromatic heterocycles. The van der Waals surface area contributed by atoms with Crippen molar-refractivity contribution in [3.63, 3.8) is 0 Å². The zero-order valence-corrected chi connectivity index (χ0v) is 13.7. The van der Waals surface area contributed by atoms with Gasteiger partial charge in [0.25, 0.3) is 0 Å². The molecule has 0 saturated heterocycles. The molecule has 0 aromatic rings. The van der Waals surface area contributed by atoms with Crippen LogP contribution in [0.1, 0.15) is 25.7 Å². The first kappa shape index (κ1) is 25.2. The predicted molar refractivity (Wildman–Crippen MR) is 35.6 cm³/mol. The van der Waals surface area contributed by atoms with Crippen LogP contribution >= 0.6 is 0 Å². The molecule has 0 N–H and O–H groups in total. The Morgan fingerprint density at radius 1 is 0.846 bits per heavy atom. The monoisotopic (exact) mass is 246 g/mol. The van der Waals surface area contributed by atoms with E-state index in [-0.39, 0.29) is 145 Å². The zero-order valence-electron chi connectivity index (χ0n) is 7.46. The first-order chi connectivity index (χ1) is 4.63. The van der Waals surface area contributed by atoms with Crippen molar-refractivity contribution in [2.24, 2.45) is 0 Å². The molecule has 0 rings (SSSR count). The number of carboxylic acid groups (broad SMARTS) is 2. The summed E-state index contributed by atoms with van der Waals surface area (Å²) in [7, 11) is 0. The molecule has 7 heteroatoms. The van der Waals surface area contributed by atoms with E-state index in [0.29, 0.717) is 12.8 Å². The van der Waals surface area contributed by atoms with Crippen LogP contribution in [0.4, 0.5) is 0 Å². The number of carbonyl (C=O) groups is 2. The third kappa shape index (κ3) is 25.5. The van der Waals surface area contributed by atoms with Gasteiger partial charge in [-0.25, -0.2) is 0 Å². The summed E-state index contributed by atoms with van der Waals surface area (Å²) < 4.78 is 0. The summed E-state index contributed by atoms with van der Waals surface area (Å²) in [6, 6.07) is 0. The molecule has 0 amide bonds. The summed E-state index contributed by atoms with van der Waals surface area (Å²) in [5.41, 5.74) is 0.